The molecule has 0 saturated heterocycles. The molecular formula is C22H24N4O3. The molecule has 0 bridgehead atoms. The topological polar surface area (TPSA) is 69.5 Å². The first-order valence-corrected chi connectivity index (χ1v) is 9.99. The largest absolute Gasteiger partial charge is 0.486 e. The fourth-order valence-electron chi connectivity index (χ4n) is 3.97. The molecule has 0 radical (unpaired) electrons. The molecule has 150 valence electrons. The van der Waals surface area contributed by atoms with E-state index < -0.39 is 0 Å². The predicted molar refractivity (Wildman–Crippen MR) is 109 cm³/mol. The number of hydrogen-bond acceptors (Lipinski definition) is 5. The van der Waals surface area contributed by atoms with E-state index in [-0.39, 0.29) is 12.0 Å². The SMILES string of the molecule is Cc1nn(C)c2nc(C3CC3)cc(C(=O)N(C)CC3COc4ccccc4O3)c12. The van der Waals surface area contributed by atoms with Gasteiger partial charge in [-0.15, -0.1) is 0 Å². The van der Waals surface area contributed by atoms with Crippen LogP contribution in [0.1, 0.15) is 40.5 Å². The second-order valence-electron chi connectivity index (χ2n) is 7.96. The first-order valence-electron chi connectivity index (χ1n) is 9.99. The Labute approximate surface area is 169 Å². The van der Waals surface area contributed by atoms with Gasteiger partial charge in [-0.25, -0.2) is 4.98 Å². The second kappa shape index (κ2) is 6.76. The molecular weight excluding hydrogens is 368 g/mol. The zero-order chi connectivity index (χ0) is 20.1. The van der Waals surface area contributed by atoms with Crippen LogP contribution in [0.5, 0.6) is 11.5 Å². The Morgan fingerprint density at radius 1 is 1.28 bits per heavy atom. The molecule has 1 atom stereocenters. The lowest BCUT2D eigenvalue weighted by Gasteiger charge is -2.29. The molecule has 5 rings (SSSR count). The average molecular weight is 392 g/mol. The Balaban J connectivity index is 1.42. The van der Waals surface area contributed by atoms with Gasteiger partial charge in [-0.1, -0.05) is 12.1 Å². The Hall–Kier alpha value is -3.09. The molecule has 1 unspecified atom stereocenters. The summed E-state index contributed by atoms with van der Waals surface area (Å²) in [7, 11) is 3.68. The summed E-state index contributed by atoms with van der Waals surface area (Å²) in [4.78, 5) is 19.9. The lowest BCUT2D eigenvalue weighted by molar-refractivity contribution is 0.0522. The Kier molecular flexibility index (Phi) is 4.19. The summed E-state index contributed by atoms with van der Waals surface area (Å²) >= 11 is 0. The van der Waals surface area contributed by atoms with Gasteiger partial charge in [0.25, 0.3) is 5.91 Å². The number of likely N-dealkylation sites (N-methyl/N-ethyl adjacent to an activating group) is 1. The predicted octanol–water partition coefficient (Wildman–Crippen LogP) is 3.07. The maximum atomic E-state index is 13.4. The minimum absolute atomic E-state index is 0.0436. The number of nitrogens with zero attached hydrogens (tertiary/aromatic N) is 4. The second-order valence-corrected chi connectivity index (χ2v) is 7.96. The van der Waals surface area contributed by atoms with E-state index >= 15 is 0 Å². The van der Waals surface area contributed by atoms with Crippen LogP contribution in [0, 0.1) is 6.92 Å². The van der Waals surface area contributed by atoms with Gasteiger partial charge in [0, 0.05) is 25.7 Å². The molecule has 7 heteroatoms. The van der Waals surface area contributed by atoms with E-state index in [9.17, 15) is 4.79 Å². The minimum atomic E-state index is -0.214. The number of amides is 1. The van der Waals surface area contributed by atoms with E-state index in [0.29, 0.717) is 24.6 Å². The van der Waals surface area contributed by atoms with Crippen molar-refractivity contribution in [2.45, 2.75) is 31.8 Å². The standard InChI is InChI=1S/C22H24N4O3/c1-13-20-16(10-17(14-8-9-14)23-21(20)26(3)24-13)22(27)25(2)11-15-12-28-18-6-4-5-7-19(18)29-15/h4-7,10,14-15H,8-9,11-12H2,1-3H3. The molecule has 1 fully saturated rings. The quantitative estimate of drug-likeness (QED) is 0.683. The molecule has 2 aromatic heterocycles. The first-order chi connectivity index (χ1) is 14.0. The summed E-state index contributed by atoms with van der Waals surface area (Å²) in [5.74, 6) is 1.87. The summed E-state index contributed by atoms with van der Waals surface area (Å²) in [6.45, 7) is 2.78. The molecule has 29 heavy (non-hydrogen) atoms. The van der Waals surface area contributed by atoms with Gasteiger partial charge in [-0.2, -0.15) is 5.10 Å². The molecule has 3 aromatic rings. The zero-order valence-electron chi connectivity index (χ0n) is 16.9. The van der Waals surface area contributed by atoms with Crippen molar-refractivity contribution in [1.29, 1.82) is 0 Å². The van der Waals surface area contributed by atoms with Gasteiger partial charge in [0.15, 0.2) is 23.3 Å². The summed E-state index contributed by atoms with van der Waals surface area (Å²) in [5.41, 5.74) is 3.25. The van der Waals surface area contributed by atoms with Crippen molar-refractivity contribution in [2.24, 2.45) is 7.05 Å². The summed E-state index contributed by atoms with van der Waals surface area (Å²) in [6.07, 6.45) is 2.05. The van der Waals surface area contributed by atoms with E-state index in [1.165, 1.54) is 0 Å². The normalized spacial score (nSPS) is 18.1. The van der Waals surface area contributed by atoms with Crippen LogP contribution in [0.25, 0.3) is 11.0 Å². The Morgan fingerprint density at radius 2 is 2.03 bits per heavy atom. The van der Waals surface area contributed by atoms with Crippen molar-refractivity contribution >= 4 is 16.9 Å². The smallest absolute Gasteiger partial charge is 0.254 e. The number of rotatable bonds is 4. The summed E-state index contributed by atoms with van der Waals surface area (Å²) < 4.78 is 13.6. The van der Waals surface area contributed by atoms with Crippen molar-refractivity contribution in [2.75, 3.05) is 20.2 Å². The van der Waals surface area contributed by atoms with Crippen LogP contribution in [0.2, 0.25) is 0 Å². The van der Waals surface area contributed by atoms with Crippen molar-refractivity contribution in [3.05, 3.63) is 47.3 Å². The van der Waals surface area contributed by atoms with Gasteiger partial charge in [0.2, 0.25) is 0 Å². The third kappa shape index (κ3) is 3.20. The van der Waals surface area contributed by atoms with E-state index in [1.807, 2.05) is 44.3 Å². The van der Waals surface area contributed by atoms with Gasteiger partial charge in [0.1, 0.15) is 6.61 Å². The summed E-state index contributed by atoms with van der Waals surface area (Å²) in [6, 6.07) is 9.56. The monoisotopic (exact) mass is 392 g/mol. The highest BCUT2D eigenvalue weighted by Gasteiger charge is 2.30. The van der Waals surface area contributed by atoms with Crippen LogP contribution in [-0.2, 0) is 7.05 Å². The van der Waals surface area contributed by atoms with E-state index in [1.54, 1.807) is 16.6 Å². The Morgan fingerprint density at radius 3 is 2.79 bits per heavy atom. The molecule has 1 saturated carbocycles. The van der Waals surface area contributed by atoms with Gasteiger partial charge >= 0.3 is 0 Å². The van der Waals surface area contributed by atoms with Crippen LogP contribution in [0.4, 0.5) is 0 Å². The molecule has 0 N–H and O–H groups in total. The third-order valence-corrected chi connectivity index (χ3v) is 5.61. The number of carbonyl (C=O) groups excluding carboxylic acids is 1. The average Bonchev–Trinajstić information content (AvgIpc) is 3.53. The number of para-hydroxylation sites is 2. The minimum Gasteiger partial charge on any atom is -0.486 e. The van der Waals surface area contributed by atoms with Crippen molar-refractivity contribution < 1.29 is 14.3 Å². The Bertz CT molecular complexity index is 1100. The van der Waals surface area contributed by atoms with Crippen LogP contribution < -0.4 is 9.47 Å². The van der Waals surface area contributed by atoms with Crippen LogP contribution >= 0.6 is 0 Å². The number of carbonyl (C=O) groups is 1. The molecule has 1 aliphatic heterocycles. The summed E-state index contributed by atoms with van der Waals surface area (Å²) in [5, 5.41) is 5.33. The molecule has 1 aromatic carbocycles. The lowest BCUT2D eigenvalue weighted by atomic mass is 10.1. The van der Waals surface area contributed by atoms with Crippen LogP contribution in [0.3, 0.4) is 0 Å². The van der Waals surface area contributed by atoms with E-state index in [0.717, 1.165) is 46.8 Å². The number of pyridine rings is 1. The van der Waals surface area contributed by atoms with E-state index in [4.69, 9.17) is 14.5 Å². The molecule has 0 spiro atoms. The number of benzene rings is 1. The molecule has 2 aliphatic rings. The van der Waals surface area contributed by atoms with Gasteiger partial charge in [-0.05, 0) is 38.0 Å². The number of fused-ring (bicyclic) bond motifs is 2. The van der Waals surface area contributed by atoms with Gasteiger partial charge < -0.3 is 14.4 Å². The fourth-order valence-corrected chi connectivity index (χ4v) is 3.97. The van der Waals surface area contributed by atoms with Crippen molar-refractivity contribution in [3.63, 3.8) is 0 Å². The highest BCUT2D eigenvalue weighted by atomic mass is 16.6. The molecule has 1 amide bonds. The lowest BCUT2D eigenvalue weighted by Crippen LogP contribution is -2.41. The number of aromatic nitrogens is 3. The molecule has 3 heterocycles. The number of hydrogen-bond donors (Lipinski definition) is 0. The maximum absolute atomic E-state index is 13.4. The first kappa shape index (κ1) is 18.0. The maximum Gasteiger partial charge on any atom is 0.254 e. The highest BCUT2D eigenvalue weighted by Crippen LogP contribution is 2.40. The zero-order valence-corrected chi connectivity index (χ0v) is 16.9. The molecule has 1 aliphatic carbocycles. The number of aryl methyl sites for hydroxylation is 2. The van der Waals surface area contributed by atoms with Crippen LogP contribution in [0.15, 0.2) is 30.3 Å². The molecule has 7 nitrogen and oxygen atoms in total. The number of ether oxygens (including phenoxy) is 2. The fraction of sp³-hybridized carbons (Fsp3) is 0.409. The van der Waals surface area contributed by atoms with Gasteiger partial charge in [0.05, 0.1) is 23.2 Å². The van der Waals surface area contributed by atoms with E-state index in [2.05, 4.69) is 5.10 Å². The van der Waals surface area contributed by atoms with Gasteiger partial charge in [-0.3, -0.25) is 9.48 Å². The van der Waals surface area contributed by atoms with Crippen LogP contribution in [-0.4, -0.2) is 51.9 Å². The highest BCUT2D eigenvalue weighted by molar-refractivity contribution is 6.06. The third-order valence-electron chi connectivity index (χ3n) is 5.61. The van der Waals surface area contributed by atoms with Crippen molar-refractivity contribution in [1.82, 2.24) is 19.7 Å². The van der Waals surface area contributed by atoms with Crippen molar-refractivity contribution in [3.8, 4) is 11.5 Å².